The van der Waals surface area contributed by atoms with Crippen molar-refractivity contribution in [3.05, 3.63) is 167 Å². The van der Waals surface area contributed by atoms with Gasteiger partial charge in [-0.25, -0.2) is 0 Å². The molecule has 0 aliphatic heterocycles. The molecule has 234 valence electrons. The Balaban J connectivity index is 1.68. The van der Waals surface area contributed by atoms with Crippen molar-refractivity contribution in [3.8, 4) is 44.9 Å². The van der Waals surface area contributed by atoms with Crippen LogP contribution in [0.1, 0.15) is 33.4 Å². The fourth-order valence-electron chi connectivity index (χ4n) is 7.01. The first-order valence-electron chi connectivity index (χ1n) is 14.6. The Morgan fingerprint density at radius 2 is 0.723 bits per heavy atom. The Hall–Kier alpha value is -5.50. The Morgan fingerprint density at radius 3 is 1.09 bits per heavy atom. The molecule has 1 aliphatic carbocycles. The first-order valence-corrected chi connectivity index (χ1v) is 14.6. The molecule has 2 N–H and O–H groups in total. The van der Waals surface area contributed by atoms with Gasteiger partial charge in [0.15, 0.2) is 0 Å². The Labute approximate surface area is 265 Å². The molecule has 1 aliphatic rings. The molecule has 0 saturated heterocycles. The maximum absolute atomic E-state index is 14.5. The summed E-state index contributed by atoms with van der Waals surface area (Å²) in [6, 6.07) is 33.3. The predicted molar refractivity (Wildman–Crippen MR) is 168 cm³/mol. The average molecular weight is 639 g/mol. The van der Waals surface area contributed by atoms with E-state index in [0.29, 0.717) is 22.3 Å². The van der Waals surface area contributed by atoms with Crippen molar-refractivity contribution in [1.82, 2.24) is 0 Å². The second kappa shape index (κ2) is 10.8. The molecule has 8 heteroatoms. The van der Waals surface area contributed by atoms with E-state index in [-0.39, 0.29) is 22.3 Å². The van der Waals surface area contributed by atoms with Crippen molar-refractivity contribution in [2.45, 2.75) is 17.8 Å². The van der Waals surface area contributed by atoms with E-state index < -0.39 is 51.5 Å². The van der Waals surface area contributed by atoms with Crippen molar-refractivity contribution in [2.24, 2.45) is 0 Å². The molecule has 6 aromatic carbocycles. The molecule has 0 saturated carbocycles. The number of benzene rings is 6. The van der Waals surface area contributed by atoms with Gasteiger partial charge in [0.2, 0.25) is 0 Å². The van der Waals surface area contributed by atoms with Gasteiger partial charge < -0.3 is 10.2 Å². The molecule has 47 heavy (non-hydrogen) atoms. The number of aromatic hydroxyl groups is 2. The summed E-state index contributed by atoms with van der Waals surface area (Å²) in [5.74, 6) is -1.42. The van der Waals surface area contributed by atoms with Gasteiger partial charge in [-0.3, -0.25) is 0 Å². The second-order valence-electron chi connectivity index (χ2n) is 11.3. The minimum Gasteiger partial charge on any atom is -0.507 e. The lowest BCUT2D eigenvalue weighted by Gasteiger charge is -2.36. The van der Waals surface area contributed by atoms with E-state index in [1.54, 1.807) is 84.9 Å². The fraction of sp³-hybridized carbons (Fsp3) is 0.0769. The maximum Gasteiger partial charge on any atom is 0.417 e. The van der Waals surface area contributed by atoms with Gasteiger partial charge in [0.25, 0.3) is 0 Å². The zero-order valence-electron chi connectivity index (χ0n) is 24.4. The molecule has 0 fully saturated rings. The minimum absolute atomic E-state index is 0.0316. The van der Waals surface area contributed by atoms with Crippen LogP contribution in [-0.4, -0.2) is 10.2 Å². The highest BCUT2D eigenvalue weighted by Crippen LogP contribution is 2.62. The quantitative estimate of drug-likeness (QED) is 0.188. The number of hydrogen-bond donors (Lipinski definition) is 2. The number of fused-ring (bicyclic) bond motifs is 3. The third kappa shape index (κ3) is 4.58. The van der Waals surface area contributed by atoms with Crippen LogP contribution in [0.15, 0.2) is 133 Å². The normalized spacial score (nSPS) is 13.7. The summed E-state index contributed by atoms with van der Waals surface area (Å²) in [5, 5.41) is 24.2. The SMILES string of the molecule is Oc1c(C2(c3ccc(C(F)(F)F)c(-c4ccccc4)c3O)c3ccccc3-c3ccccc32)ccc(C(F)(F)F)c1-c1ccccc1. The highest BCUT2D eigenvalue weighted by Gasteiger charge is 2.51. The number of hydrogen-bond acceptors (Lipinski definition) is 2. The minimum atomic E-state index is -4.85. The van der Waals surface area contributed by atoms with Crippen molar-refractivity contribution in [1.29, 1.82) is 0 Å². The van der Waals surface area contributed by atoms with Crippen LogP contribution in [0.2, 0.25) is 0 Å². The molecule has 0 spiro atoms. The van der Waals surface area contributed by atoms with Gasteiger partial charge in [-0.15, -0.1) is 0 Å². The third-order valence-electron chi connectivity index (χ3n) is 8.85. The molecule has 0 unspecified atom stereocenters. The molecule has 0 bridgehead atoms. The molecule has 0 heterocycles. The first-order chi connectivity index (χ1) is 22.5. The molecule has 0 radical (unpaired) electrons. The number of phenolic OH excluding ortho intramolecular Hbond substituents is 2. The van der Waals surface area contributed by atoms with Crippen molar-refractivity contribution < 1.29 is 36.6 Å². The fourth-order valence-corrected chi connectivity index (χ4v) is 7.01. The van der Waals surface area contributed by atoms with E-state index in [9.17, 15) is 36.6 Å². The van der Waals surface area contributed by atoms with Gasteiger partial charge in [0, 0.05) is 22.3 Å². The van der Waals surface area contributed by atoms with Crippen molar-refractivity contribution in [2.75, 3.05) is 0 Å². The number of halogens is 6. The Kier molecular flexibility index (Phi) is 6.93. The summed E-state index contributed by atoms with van der Waals surface area (Å²) in [5.41, 5.74) is -2.47. The highest BCUT2D eigenvalue weighted by atomic mass is 19.4. The largest absolute Gasteiger partial charge is 0.507 e. The summed E-state index contributed by atoms with van der Waals surface area (Å²) in [4.78, 5) is 0. The smallest absolute Gasteiger partial charge is 0.417 e. The monoisotopic (exact) mass is 638 g/mol. The van der Waals surface area contributed by atoms with E-state index >= 15 is 0 Å². The molecule has 6 aromatic rings. The van der Waals surface area contributed by atoms with Gasteiger partial charge in [0.05, 0.1) is 16.5 Å². The average Bonchev–Trinajstić information content (AvgIpc) is 3.35. The van der Waals surface area contributed by atoms with Crippen LogP contribution in [-0.2, 0) is 17.8 Å². The van der Waals surface area contributed by atoms with E-state index in [1.165, 1.54) is 24.3 Å². The van der Waals surface area contributed by atoms with E-state index in [4.69, 9.17) is 0 Å². The summed E-state index contributed by atoms with van der Waals surface area (Å²) in [7, 11) is 0. The molecule has 0 aromatic heterocycles. The molecular weight excluding hydrogens is 614 g/mol. The standard InChI is InChI=1S/C39H24F6O2/c40-38(41,42)29-19-21-31(35(46)33(29)23-11-3-1-4-12-23)37(27-17-9-7-15-25(27)26-16-8-10-18-28(26)37)32-22-20-30(39(43,44)45)34(36(32)47)24-13-5-2-6-14-24/h1-22,46-47H. The molecular formula is C39H24F6O2. The zero-order valence-corrected chi connectivity index (χ0v) is 24.4. The maximum atomic E-state index is 14.5. The van der Waals surface area contributed by atoms with Crippen LogP contribution < -0.4 is 0 Å². The molecule has 2 nitrogen and oxygen atoms in total. The zero-order chi connectivity index (χ0) is 33.1. The number of phenols is 2. The first kappa shape index (κ1) is 30.2. The molecule has 0 amide bonds. The summed E-state index contributed by atoms with van der Waals surface area (Å²) in [6.45, 7) is 0. The van der Waals surface area contributed by atoms with Gasteiger partial charge in [-0.1, -0.05) is 121 Å². The Bertz CT molecular complexity index is 1980. The summed E-state index contributed by atoms with van der Waals surface area (Å²) < 4.78 is 87.1. The van der Waals surface area contributed by atoms with Gasteiger partial charge >= 0.3 is 12.4 Å². The van der Waals surface area contributed by atoms with Crippen LogP contribution in [0.3, 0.4) is 0 Å². The third-order valence-corrected chi connectivity index (χ3v) is 8.85. The van der Waals surface area contributed by atoms with Crippen molar-refractivity contribution >= 4 is 0 Å². The number of alkyl halides is 6. The predicted octanol–water partition coefficient (Wildman–Crippen LogP) is 10.8. The van der Waals surface area contributed by atoms with Crippen LogP contribution in [0, 0.1) is 0 Å². The van der Waals surface area contributed by atoms with E-state index in [1.807, 2.05) is 0 Å². The van der Waals surface area contributed by atoms with E-state index in [2.05, 4.69) is 0 Å². The van der Waals surface area contributed by atoms with Crippen LogP contribution >= 0.6 is 0 Å². The lowest BCUT2D eigenvalue weighted by Crippen LogP contribution is -2.30. The lowest BCUT2D eigenvalue weighted by molar-refractivity contribution is -0.138. The molecule has 0 atom stereocenters. The Morgan fingerprint density at radius 1 is 0.383 bits per heavy atom. The van der Waals surface area contributed by atoms with Crippen LogP contribution in [0.4, 0.5) is 26.3 Å². The highest BCUT2D eigenvalue weighted by molar-refractivity contribution is 5.91. The van der Waals surface area contributed by atoms with Crippen LogP contribution in [0.25, 0.3) is 33.4 Å². The van der Waals surface area contributed by atoms with Crippen LogP contribution in [0.5, 0.6) is 11.5 Å². The number of rotatable bonds is 4. The van der Waals surface area contributed by atoms with Gasteiger partial charge in [-0.05, 0) is 45.5 Å². The van der Waals surface area contributed by atoms with Crippen molar-refractivity contribution in [3.63, 3.8) is 0 Å². The topological polar surface area (TPSA) is 40.5 Å². The second-order valence-corrected chi connectivity index (χ2v) is 11.3. The lowest BCUT2D eigenvalue weighted by atomic mass is 9.65. The van der Waals surface area contributed by atoms with E-state index in [0.717, 1.165) is 24.3 Å². The van der Waals surface area contributed by atoms with Gasteiger partial charge in [0.1, 0.15) is 11.5 Å². The molecule has 7 rings (SSSR count). The summed E-state index contributed by atoms with van der Waals surface area (Å²) in [6.07, 6.45) is -9.70. The van der Waals surface area contributed by atoms with Gasteiger partial charge in [-0.2, -0.15) is 26.3 Å². The summed E-state index contributed by atoms with van der Waals surface area (Å²) >= 11 is 0.